The molecule has 0 amide bonds. The van der Waals surface area contributed by atoms with Gasteiger partial charge in [0.2, 0.25) is 0 Å². The van der Waals surface area contributed by atoms with E-state index in [1.54, 1.807) is 29.7 Å². The predicted molar refractivity (Wildman–Crippen MR) is 99.7 cm³/mol. The van der Waals surface area contributed by atoms with Crippen LogP contribution in [0.2, 0.25) is 0 Å². The number of thiazole rings is 2. The van der Waals surface area contributed by atoms with Gasteiger partial charge in [0, 0.05) is 36.2 Å². The molecule has 0 saturated carbocycles. The molecule has 0 radical (unpaired) electrons. The molecule has 0 atom stereocenters. The maximum atomic E-state index is 4.65. The summed E-state index contributed by atoms with van der Waals surface area (Å²) in [6.45, 7) is 10.0. The van der Waals surface area contributed by atoms with Crippen LogP contribution in [0.1, 0.15) is 46.0 Å². The van der Waals surface area contributed by atoms with E-state index < -0.39 is 0 Å². The molecule has 2 heterocycles. The summed E-state index contributed by atoms with van der Waals surface area (Å²) < 4.78 is 0. The quantitative estimate of drug-likeness (QED) is 0.619. The summed E-state index contributed by atoms with van der Waals surface area (Å²) in [5, 5.41) is 11.1. The third-order valence-corrected chi connectivity index (χ3v) is 5.71. The number of hydrogen-bond donors (Lipinski definition) is 2. The first-order chi connectivity index (χ1) is 11.0. The Labute approximate surface area is 146 Å². The minimum atomic E-state index is 0.501. The fourth-order valence-corrected chi connectivity index (χ4v) is 3.75. The van der Waals surface area contributed by atoms with Gasteiger partial charge >= 0.3 is 0 Å². The molecule has 2 rings (SSSR count). The van der Waals surface area contributed by atoms with E-state index >= 15 is 0 Å². The first kappa shape index (κ1) is 17.9. The van der Waals surface area contributed by atoms with Gasteiger partial charge in [-0.05, 0) is 13.8 Å². The van der Waals surface area contributed by atoms with Crippen molar-refractivity contribution in [3.8, 4) is 0 Å². The van der Waals surface area contributed by atoms with E-state index in [9.17, 15) is 0 Å². The molecule has 7 heteroatoms. The Morgan fingerprint density at radius 3 is 2.61 bits per heavy atom. The Hall–Kier alpha value is -1.47. The SMILES string of the molecule is CN=C(NCCc1csc(C(C)C)n1)NCc1nc(C)c(C)s1. The minimum absolute atomic E-state index is 0.501. The summed E-state index contributed by atoms with van der Waals surface area (Å²) in [5.41, 5.74) is 2.26. The Balaban J connectivity index is 1.76. The van der Waals surface area contributed by atoms with Crippen LogP contribution in [0.3, 0.4) is 0 Å². The van der Waals surface area contributed by atoms with Crippen molar-refractivity contribution >= 4 is 28.6 Å². The van der Waals surface area contributed by atoms with Gasteiger partial charge in [-0.1, -0.05) is 13.8 Å². The molecule has 0 bridgehead atoms. The summed E-state index contributed by atoms with van der Waals surface area (Å²) in [6, 6.07) is 0. The van der Waals surface area contributed by atoms with Crippen molar-refractivity contribution < 1.29 is 0 Å². The predicted octanol–water partition coefficient (Wildman–Crippen LogP) is 3.25. The standard InChI is InChI=1S/C16H25N5S2/c1-10(2)15-21-13(9-22-15)6-7-18-16(17-5)19-8-14-20-11(3)12(4)23-14/h9-10H,6-8H2,1-5H3,(H2,17,18,19). The number of aromatic nitrogens is 2. The van der Waals surface area contributed by atoms with Crippen molar-refractivity contribution in [3.63, 3.8) is 0 Å². The molecular weight excluding hydrogens is 326 g/mol. The van der Waals surface area contributed by atoms with E-state index in [0.717, 1.165) is 35.3 Å². The zero-order valence-corrected chi connectivity index (χ0v) is 16.1. The molecule has 2 aromatic heterocycles. The molecule has 0 unspecified atom stereocenters. The smallest absolute Gasteiger partial charge is 0.191 e. The van der Waals surface area contributed by atoms with Crippen LogP contribution in [0.25, 0.3) is 0 Å². The maximum absolute atomic E-state index is 4.65. The number of hydrogen-bond acceptors (Lipinski definition) is 5. The molecular formula is C16H25N5S2. The highest BCUT2D eigenvalue weighted by molar-refractivity contribution is 7.11. The van der Waals surface area contributed by atoms with Crippen LogP contribution in [0.4, 0.5) is 0 Å². The van der Waals surface area contributed by atoms with Crippen LogP contribution in [-0.4, -0.2) is 29.5 Å². The minimum Gasteiger partial charge on any atom is -0.356 e. The van der Waals surface area contributed by atoms with E-state index in [1.807, 2.05) is 6.92 Å². The summed E-state index contributed by atoms with van der Waals surface area (Å²) in [5.74, 6) is 1.30. The maximum Gasteiger partial charge on any atom is 0.191 e. The highest BCUT2D eigenvalue weighted by atomic mass is 32.1. The lowest BCUT2D eigenvalue weighted by atomic mass is 10.2. The van der Waals surface area contributed by atoms with Crippen molar-refractivity contribution in [3.05, 3.63) is 31.7 Å². The monoisotopic (exact) mass is 351 g/mol. The van der Waals surface area contributed by atoms with Crippen LogP contribution in [0.5, 0.6) is 0 Å². The number of aliphatic imine (C=N–C) groups is 1. The lowest BCUT2D eigenvalue weighted by Crippen LogP contribution is -2.37. The van der Waals surface area contributed by atoms with Crippen LogP contribution in [-0.2, 0) is 13.0 Å². The molecule has 0 spiro atoms. The number of nitrogens with zero attached hydrogens (tertiary/aromatic N) is 3. The zero-order chi connectivity index (χ0) is 16.8. The van der Waals surface area contributed by atoms with Crippen molar-refractivity contribution in [2.45, 2.75) is 46.6 Å². The van der Waals surface area contributed by atoms with Crippen molar-refractivity contribution in [2.75, 3.05) is 13.6 Å². The fraction of sp³-hybridized carbons (Fsp3) is 0.562. The van der Waals surface area contributed by atoms with Crippen LogP contribution in [0.15, 0.2) is 10.4 Å². The zero-order valence-electron chi connectivity index (χ0n) is 14.4. The summed E-state index contributed by atoms with van der Waals surface area (Å²) in [6.07, 6.45) is 0.902. The van der Waals surface area contributed by atoms with Crippen LogP contribution < -0.4 is 10.6 Å². The van der Waals surface area contributed by atoms with Crippen LogP contribution >= 0.6 is 22.7 Å². The molecule has 0 saturated heterocycles. The second-order valence-corrected chi connectivity index (χ2v) is 7.86. The van der Waals surface area contributed by atoms with E-state index in [0.29, 0.717) is 12.5 Å². The summed E-state index contributed by atoms with van der Waals surface area (Å²) in [7, 11) is 1.79. The molecule has 0 aliphatic carbocycles. The topological polar surface area (TPSA) is 62.2 Å². The van der Waals surface area contributed by atoms with E-state index in [-0.39, 0.29) is 0 Å². The van der Waals surface area contributed by atoms with Gasteiger partial charge in [-0.15, -0.1) is 22.7 Å². The summed E-state index contributed by atoms with van der Waals surface area (Å²) in [4.78, 5) is 14.7. The Kier molecular flexibility index (Phi) is 6.53. The van der Waals surface area contributed by atoms with Crippen LogP contribution in [0, 0.1) is 13.8 Å². The van der Waals surface area contributed by atoms with Gasteiger partial charge in [-0.3, -0.25) is 4.99 Å². The summed E-state index contributed by atoms with van der Waals surface area (Å²) >= 11 is 3.47. The molecule has 0 aromatic carbocycles. The normalized spacial score (nSPS) is 12.0. The Morgan fingerprint density at radius 2 is 2.04 bits per heavy atom. The first-order valence-corrected chi connectivity index (χ1v) is 9.51. The third kappa shape index (κ3) is 5.28. The van der Waals surface area contributed by atoms with Gasteiger partial charge in [0.1, 0.15) is 5.01 Å². The number of rotatable bonds is 6. The largest absolute Gasteiger partial charge is 0.356 e. The fourth-order valence-electron chi connectivity index (χ4n) is 2.01. The lowest BCUT2D eigenvalue weighted by molar-refractivity contribution is 0.775. The molecule has 5 nitrogen and oxygen atoms in total. The highest BCUT2D eigenvalue weighted by Gasteiger charge is 2.07. The van der Waals surface area contributed by atoms with Gasteiger partial charge < -0.3 is 10.6 Å². The highest BCUT2D eigenvalue weighted by Crippen LogP contribution is 2.19. The second kappa shape index (κ2) is 8.40. The average molecular weight is 352 g/mol. The molecule has 0 aliphatic heterocycles. The Bertz CT molecular complexity index is 638. The molecule has 0 aliphatic rings. The number of aryl methyl sites for hydroxylation is 2. The molecule has 0 fully saturated rings. The van der Waals surface area contributed by atoms with Crippen molar-refractivity contribution in [1.82, 2.24) is 20.6 Å². The molecule has 126 valence electrons. The van der Waals surface area contributed by atoms with E-state index in [4.69, 9.17) is 0 Å². The van der Waals surface area contributed by atoms with Gasteiger partial charge in [0.25, 0.3) is 0 Å². The molecule has 2 aromatic rings. The third-order valence-electron chi connectivity index (χ3n) is 3.44. The Morgan fingerprint density at radius 1 is 1.26 bits per heavy atom. The second-order valence-electron chi connectivity index (χ2n) is 5.68. The van der Waals surface area contributed by atoms with Gasteiger partial charge in [0.05, 0.1) is 22.9 Å². The first-order valence-electron chi connectivity index (χ1n) is 7.81. The van der Waals surface area contributed by atoms with Gasteiger partial charge in [-0.2, -0.15) is 0 Å². The van der Waals surface area contributed by atoms with Crippen molar-refractivity contribution in [1.29, 1.82) is 0 Å². The average Bonchev–Trinajstić information content (AvgIpc) is 3.10. The lowest BCUT2D eigenvalue weighted by Gasteiger charge is -2.10. The van der Waals surface area contributed by atoms with Crippen molar-refractivity contribution in [2.24, 2.45) is 4.99 Å². The van der Waals surface area contributed by atoms with E-state index in [2.05, 4.69) is 51.7 Å². The molecule has 23 heavy (non-hydrogen) atoms. The van der Waals surface area contributed by atoms with Gasteiger partial charge in [-0.25, -0.2) is 9.97 Å². The van der Waals surface area contributed by atoms with E-state index in [1.165, 1.54) is 9.88 Å². The molecule has 2 N–H and O–H groups in total. The van der Waals surface area contributed by atoms with Gasteiger partial charge in [0.15, 0.2) is 5.96 Å². The number of guanidine groups is 1. The number of nitrogens with one attached hydrogen (secondary N) is 2.